The molecule has 1 aromatic heterocycles. The average Bonchev–Trinajstić information content (AvgIpc) is 2.91. The fourth-order valence-corrected chi connectivity index (χ4v) is 7.69. The predicted octanol–water partition coefficient (Wildman–Crippen LogP) is 3.00. The largest absolute Gasteiger partial charge is 0.381 e. The van der Waals surface area contributed by atoms with Crippen LogP contribution in [0.15, 0.2) is 34.3 Å². The number of rotatable bonds is 3. The second-order valence-corrected chi connectivity index (χ2v) is 11.6. The average molecular weight is 474 g/mol. The van der Waals surface area contributed by atoms with Crippen molar-refractivity contribution in [1.82, 2.24) is 9.97 Å². The first-order chi connectivity index (χ1) is 13.7. The van der Waals surface area contributed by atoms with E-state index in [2.05, 4.69) is 9.97 Å². The lowest BCUT2D eigenvalue weighted by molar-refractivity contribution is 0.373. The Morgan fingerprint density at radius 3 is 2.59 bits per heavy atom. The Bertz CT molecular complexity index is 1040. The zero-order valence-electron chi connectivity index (χ0n) is 15.5. The summed E-state index contributed by atoms with van der Waals surface area (Å²) < 4.78 is 24.3. The molecule has 1 aromatic carbocycles. The van der Waals surface area contributed by atoms with Crippen molar-refractivity contribution in [2.75, 3.05) is 29.5 Å². The molecule has 3 heterocycles. The van der Waals surface area contributed by atoms with Gasteiger partial charge in [0.05, 0.1) is 26.7 Å². The number of nitrogens with two attached hydrogens (primary N) is 2. The Hall–Kier alpha value is -1.26. The topological polar surface area (TPSA) is 115 Å². The summed E-state index contributed by atoms with van der Waals surface area (Å²) in [5, 5.41) is 1.44. The normalized spacial score (nSPS) is 22.9. The molecule has 1 atom stereocenters. The lowest BCUT2D eigenvalue weighted by atomic mass is 9.88. The van der Waals surface area contributed by atoms with Gasteiger partial charge in [0.25, 0.3) is 0 Å². The fourth-order valence-electron chi connectivity index (χ4n) is 4.06. The molecule has 0 radical (unpaired) electrons. The number of anilines is 2. The summed E-state index contributed by atoms with van der Waals surface area (Å²) >= 11 is 13.6. The quantitative estimate of drug-likeness (QED) is 0.698. The number of nitrogens with zero attached hydrogens (tertiary/aromatic N) is 3. The Kier molecular flexibility index (Phi) is 5.63. The maximum absolute atomic E-state index is 12.5. The van der Waals surface area contributed by atoms with Gasteiger partial charge in [-0.15, -0.1) is 0 Å². The monoisotopic (exact) mass is 473 g/mol. The first-order valence-electron chi connectivity index (χ1n) is 9.21. The van der Waals surface area contributed by atoms with Gasteiger partial charge in [0.1, 0.15) is 10.8 Å². The Balaban J connectivity index is 1.50. The maximum atomic E-state index is 12.5. The number of hydrogen-bond donors (Lipinski definition) is 2. The van der Waals surface area contributed by atoms with Gasteiger partial charge < -0.3 is 16.4 Å². The second-order valence-electron chi connectivity index (χ2n) is 7.34. The van der Waals surface area contributed by atoms with Crippen LogP contribution in [0.2, 0.25) is 10.0 Å². The van der Waals surface area contributed by atoms with Gasteiger partial charge in [0.2, 0.25) is 0 Å². The fraction of sp³-hybridized carbons (Fsp3) is 0.444. The molecule has 0 bridgehead atoms. The van der Waals surface area contributed by atoms with Crippen LogP contribution in [-0.4, -0.2) is 48.0 Å². The van der Waals surface area contributed by atoms with E-state index in [1.165, 1.54) is 11.8 Å². The van der Waals surface area contributed by atoms with Gasteiger partial charge in [-0.25, -0.2) is 18.4 Å². The Morgan fingerprint density at radius 2 is 1.97 bits per heavy atom. The number of benzene rings is 1. The lowest BCUT2D eigenvalue weighted by Crippen LogP contribution is -2.55. The molecule has 0 saturated carbocycles. The van der Waals surface area contributed by atoms with E-state index < -0.39 is 14.6 Å². The van der Waals surface area contributed by atoms with Crippen LogP contribution >= 0.6 is 35.0 Å². The minimum absolute atomic E-state index is 0.179. The molecule has 156 valence electrons. The molecule has 1 spiro atoms. The van der Waals surface area contributed by atoms with E-state index in [1.54, 1.807) is 18.3 Å². The van der Waals surface area contributed by atoms with E-state index >= 15 is 0 Å². The van der Waals surface area contributed by atoms with E-state index in [4.69, 9.17) is 34.7 Å². The van der Waals surface area contributed by atoms with Crippen molar-refractivity contribution >= 4 is 56.4 Å². The van der Waals surface area contributed by atoms with Crippen molar-refractivity contribution in [3.05, 3.63) is 34.4 Å². The van der Waals surface area contributed by atoms with Crippen LogP contribution in [0.5, 0.6) is 0 Å². The summed E-state index contributed by atoms with van der Waals surface area (Å²) in [5.74, 6) is 1.09. The summed E-state index contributed by atoms with van der Waals surface area (Å²) in [5.41, 5.74) is 12.3. The summed E-state index contributed by atoms with van der Waals surface area (Å²) in [6, 6.07) is 5.06. The minimum atomic E-state index is -3.16. The van der Waals surface area contributed by atoms with Crippen LogP contribution in [0.25, 0.3) is 0 Å². The van der Waals surface area contributed by atoms with Crippen molar-refractivity contribution in [1.29, 1.82) is 0 Å². The van der Waals surface area contributed by atoms with Crippen LogP contribution in [0.3, 0.4) is 0 Å². The highest BCUT2D eigenvalue weighted by molar-refractivity contribution is 7.99. The number of aromatic nitrogens is 2. The van der Waals surface area contributed by atoms with Gasteiger partial charge in [0.15, 0.2) is 15.7 Å². The molecule has 7 nitrogen and oxygen atoms in total. The standard InChI is InChI=1S/C18H21Cl2N5O2S2/c19-11-2-1-3-12(15(11)20)28-17-16(22)24-14(10-23-17)25-7-5-18(6-8-25)13(21)4-9-29(18,26)27/h1-3,10,13H,4-9,21H2,(H2,22,24). The van der Waals surface area contributed by atoms with E-state index in [-0.39, 0.29) is 17.6 Å². The van der Waals surface area contributed by atoms with Crippen molar-refractivity contribution < 1.29 is 8.42 Å². The first-order valence-corrected chi connectivity index (χ1v) is 12.4. The van der Waals surface area contributed by atoms with E-state index in [9.17, 15) is 8.42 Å². The molecule has 2 aromatic rings. The van der Waals surface area contributed by atoms with Crippen molar-refractivity contribution in [2.24, 2.45) is 5.73 Å². The molecule has 2 saturated heterocycles. The molecule has 1 unspecified atom stereocenters. The minimum Gasteiger partial charge on any atom is -0.381 e. The van der Waals surface area contributed by atoms with Gasteiger partial charge >= 0.3 is 0 Å². The van der Waals surface area contributed by atoms with Crippen LogP contribution in [0.4, 0.5) is 11.6 Å². The number of nitrogen functional groups attached to an aromatic ring is 1. The van der Waals surface area contributed by atoms with Crippen molar-refractivity contribution in [3.8, 4) is 0 Å². The molecule has 4 rings (SSSR count). The highest BCUT2D eigenvalue weighted by Gasteiger charge is 2.54. The zero-order chi connectivity index (χ0) is 20.8. The number of halogens is 2. The van der Waals surface area contributed by atoms with Gasteiger partial charge in [-0.1, -0.05) is 41.0 Å². The zero-order valence-corrected chi connectivity index (χ0v) is 18.7. The number of hydrogen-bond acceptors (Lipinski definition) is 8. The third-order valence-corrected chi connectivity index (χ3v) is 10.5. The van der Waals surface area contributed by atoms with Crippen LogP contribution in [0.1, 0.15) is 19.3 Å². The number of sulfone groups is 1. The molecule has 29 heavy (non-hydrogen) atoms. The molecule has 0 aliphatic carbocycles. The summed E-state index contributed by atoms with van der Waals surface area (Å²) in [6.07, 6.45) is 3.17. The van der Waals surface area contributed by atoms with Crippen molar-refractivity contribution in [2.45, 2.75) is 40.0 Å². The molecule has 2 aliphatic rings. The lowest BCUT2D eigenvalue weighted by Gasteiger charge is -2.41. The summed E-state index contributed by atoms with van der Waals surface area (Å²) in [4.78, 5) is 11.7. The van der Waals surface area contributed by atoms with Gasteiger partial charge in [-0.05, 0) is 31.4 Å². The third-order valence-electron chi connectivity index (χ3n) is 5.80. The van der Waals surface area contributed by atoms with E-state index in [0.29, 0.717) is 53.2 Å². The molecular formula is C18H21Cl2N5O2S2. The molecule has 0 amide bonds. The van der Waals surface area contributed by atoms with Crippen molar-refractivity contribution in [3.63, 3.8) is 0 Å². The van der Waals surface area contributed by atoms with E-state index in [0.717, 1.165) is 4.90 Å². The van der Waals surface area contributed by atoms with Gasteiger partial charge in [-0.2, -0.15) is 0 Å². The van der Waals surface area contributed by atoms with Crippen LogP contribution in [0, 0.1) is 0 Å². The molecule has 4 N–H and O–H groups in total. The highest BCUT2D eigenvalue weighted by atomic mass is 35.5. The molecule has 11 heteroatoms. The Labute approximate surface area is 184 Å². The molecule has 2 fully saturated rings. The molecular weight excluding hydrogens is 453 g/mol. The van der Waals surface area contributed by atoms with E-state index in [1.807, 2.05) is 11.0 Å². The first kappa shape index (κ1) is 21.0. The summed E-state index contributed by atoms with van der Waals surface area (Å²) in [7, 11) is -3.16. The molecule has 2 aliphatic heterocycles. The Morgan fingerprint density at radius 1 is 1.24 bits per heavy atom. The van der Waals surface area contributed by atoms with Gasteiger partial charge in [-0.3, -0.25) is 0 Å². The maximum Gasteiger partial charge on any atom is 0.158 e. The highest BCUT2D eigenvalue weighted by Crippen LogP contribution is 2.42. The van der Waals surface area contributed by atoms with Crippen LogP contribution in [-0.2, 0) is 9.84 Å². The van der Waals surface area contributed by atoms with Crippen LogP contribution < -0.4 is 16.4 Å². The predicted molar refractivity (Wildman–Crippen MR) is 118 cm³/mol. The number of piperidine rings is 1. The smallest absolute Gasteiger partial charge is 0.158 e. The summed E-state index contributed by atoms with van der Waals surface area (Å²) in [6.45, 7) is 1.10. The third kappa shape index (κ3) is 3.67. The SMILES string of the molecule is Nc1nc(N2CCC3(CC2)C(N)CCS3(=O)=O)cnc1Sc1cccc(Cl)c1Cl. The van der Waals surface area contributed by atoms with Gasteiger partial charge in [0, 0.05) is 24.0 Å². The second kappa shape index (κ2) is 7.77.